The van der Waals surface area contributed by atoms with Crippen molar-refractivity contribution in [3.05, 3.63) is 64.5 Å². The van der Waals surface area contributed by atoms with Crippen molar-refractivity contribution in [2.24, 2.45) is 0 Å². The Bertz CT molecular complexity index is 771. The summed E-state index contributed by atoms with van der Waals surface area (Å²) >= 11 is 0. The summed E-state index contributed by atoms with van der Waals surface area (Å²) < 4.78 is 38.0. The van der Waals surface area contributed by atoms with Crippen LogP contribution in [-0.4, -0.2) is 16.9 Å². The maximum absolute atomic E-state index is 12.7. The number of benzene rings is 1. The van der Waals surface area contributed by atoms with Crippen LogP contribution in [0.25, 0.3) is 0 Å². The number of alkyl halides is 3. The lowest BCUT2D eigenvalue weighted by atomic mass is 9.88. The molecule has 0 aliphatic heterocycles. The molecule has 1 aromatic heterocycles. The molecule has 0 saturated carbocycles. The summed E-state index contributed by atoms with van der Waals surface area (Å²) in [6.45, 7) is 1.42. The van der Waals surface area contributed by atoms with Crippen LogP contribution in [0.3, 0.4) is 0 Å². The zero-order chi connectivity index (χ0) is 17.3. The number of nitrogens with zero attached hydrogens (tertiary/aromatic N) is 1. The number of amides is 1. The average Bonchev–Trinajstić information content (AvgIpc) is 2.53. The van der Waals surface area contributed by atoms with Crippen LogP contribution < -0.4 is 5.32 Å². The van der Waals surface area contributed by atoms with Gasteiger partial charge in [-0.2, -0.15) is 13.2 Å². The molecule has 3 nitrogen and oxygen atoms in total. The van der Waals surface area contributed by atoms with Crippen molar-refractivity contribution in [2.45, 2.75) is 38.4 Å². The zero-order valence-corrected chi connectivity index (χ0v) is 13.2. The third-order valence-corrected chi connectivity index (χ3v) is 4.30. The fraction of sp³-hybridized carbons (Fsp3) is 0.333. The summed E-state index contributed by atoms with van der Waals surface area (Å²) in [6.07, 6.45) is -2.08. The number of hydrogen-bond acceptors (Lipinski definition) is 2. The van der Waals surface area contributed by atoms with Gasteiger partial charge in [-0.25, -0.2) is 4.98 Å². The Morgan fingerprint density at radius 1 is 1.17 bits per heavy atom. The molecule has 24 heavy (non-hydrogen) atoms. The summed E-state index contributed by atoms with van der Waals surface area (Å²) in [5, 5.41) is 2.91. The van der Waals surface area contributed by atoms with E-state index in [1.54, 1.807) is 0 Å². The lowest BCUT2D eigenvalue weighted by molar-refractivity contribution is -0.141. The summed E-state index contributed by atoms with van der Waals surface area (Å²) in [7, 11) is 0. The molecule has 0 spiro atoms. The second-order valence-corrected chi connectivity index (χ2v) is 6.01. The SMILES string of the molecule is Cc1nc(C(F)(F)F)ccc1C(=O)N[C@@H]1CCc2ccccc2C1. The molecule has 0 unspecified atom stereocenters. The highest BCUT2D eigenvalue weighted by atomic mass is 19.4. The number of hydrogen-bond donors (Lipinski definition) is 1. The van der Waals surface area contributed by atoms with E-state index in [4.69, 9.17) is 0 Å². The van der Waals surface area contributed by atoms with Gasteiger partial charge < -0.3 is 5.32 Å². The second-order valence-electron chi connectivity index (χ2n) is 6.01. The molecule has 1 N–H and O–H groups in total. The van der Waals surface area contributed by atoms with Crippen LogP contribution in [-0.2, 0) is 19.0 Å². The molecule has 3 rings (SSSR count). The Balaban J connectivity index is 1.72. The Morgan fingerprint density at radius 2 is 1.88 bits per heavy atom. The van der Waals surface area contributed by atoms with E-state index in [-0.39, 0.29) is 23.2 Å². The molecule has 1 aromatic carbocycles. The van der Waals surface area contributed by atoms with Gasteiger partial charge in [-0.1, -0.05) is 24.3 Å². The van der Waals surface area contributed by atoms with Crippen LogP contribution in [0.2, 0.25) is 0 Å². The predicted molar refractivity (Wildman–Crippen MR) is 83.7 cm³/mol. The van der Waals surface area contributed by atoms with Gasteiger partial charge in [0, 0.05) is 6.04 Å². The molecule has 0 fully saturated rings. The van der Waals surface area contributed by atoms with E-state index in [1.165, 1.54) is 24.1 Å². The average molecular weight is 334 g/mol. The Labute approximate surface area is 137 Å². The molecule has 1 aliphatic carbocycles. The van der Waals surface area contributed by atoms with Gasteiger partial charge in [0.15, 0.2) is 0 Å². The molecule has 1 atom stereocenters. The molecule has 1 heterocycles. The number of nitrogens with one attached hydrogen (secondary N) is 1. The number of halogens is 3. The second kappa shape index (κ2) is 6.26. The van der Waals surface area contributed by atoms with Gasteiger partial charge in [-0.3, -0.25) is 4.79 Å². The van der Waals surface area contributed by atoms with Crippen LogP contribution in [0.15, 0.2) is 36.4 Å². The third-order valence-electron chi connectivity index (χ3n) is 4.30. The predicted octanol–water partition coefficient (Wildman–Crippen LogP) is 3.70. The number of fused-ring (bicyclic) bond motifs is 1. The minimum absolute atomic E-state index is 0.0194. The van der Waals surface area contributed by atoms with Gasteiger partial charge in [-0.05, 0) is 49.4 Å². The molecular formula is C18H17F3N2O. The van der Waals surface area contributed by atoms with Gasteiger partial charge in [0.2, 0.25) is 0 Å². The quantitative estimate of drug-likeness (QED) is 0.910. The molecule has 1 amide bonds. The molecule has 6 heteroatoms. The van der Waals surface area contributed by atoms with Gasteiger partial charge in [0.25, 0.3) is 5.91 Å². The first kappa shape index (κ1) is 16.5. The number of carbonyl (C=O) groups excluding carboxylic acids is 1. The van der Waals surface area contributed by atoms with Crippen molar-refractivity contribution in [3.8, 4) is 0 Å². The maximum Gasteiger partial charge on any atom is 0.433 e. The summed E-state index contributed by atoms with van der Waals surface area (Å²) in [5.74, 6) is -0.377. The highest BCUT2D eigenvalue weighted by Crippen LogP contribution is 2.28. The first-order valence-electron chi connectivity index (χ1n) is 7.77. The van der Waals surface area contributed by atoms with Crippen LogP contribution in [0.5, 0.6) is 0 Å². The first-order valence-corrected chi connectivity index (χ1v) is 7.77. The van der Waals surface area contributed by atoms with Crippen molar-refractivity contribution in [1.29, 1.82) is 0 Å². The summed E-state index contributed by atoms with van der Waals surface area (Å²) in [5.41, 5.74) is 1.77. The van der Waals surface area contributed by atoms with E-state index < -0.39 is 11.9 Å². The fourth-order valence-electron chi connectivity index (χ4n) is 3.04. The number of pyridine rings is 1. The summed E-state index contributed by atoms with van der Waals surface area (Å²) in [4.78, 5) is 15.9. The minimum atomic E-state index is -4.51. The van der Waals surface area contributed by atoms with E-state index in [2.05, 4.69) is 16.4 Å². The normalized spacial score (nSPS) is 17.2. The molecule has 126 valence electrons. The Hall–Kier alpha value is -2.37. The van der Waals surface area contributed by atoms with Crippen molar-refractivity contribution in [1.82, 2.24) is 10.3 Å². The molecule has 0 bridgehead atoms. The van der Waals surface area contributed by atoms with Crippen molar-refractivity contribution < 1.29 is 18.0 Å². The van der Waals surface area contributed by atoms with Gasteiger partial charge >= 0.3 is 6.18 Å². The van der Waals surface area contributed by atoms with Crippen molar-refractivity contribution in [3.63, 3.8) is 0 Å². The number of aryl methyl sites for hydroxylation is 2. The number of aromatic nitrogens is 1. The van der Waals surface area contributed by atoms with Gasteiger partial charge in [0.1, 0.15) is 5.69 Å². The molecule has 1 aliphatic rings. The first-order chi connectivity index (χ1) is 11.3. The lowest BCUT2D eigenvalue weighted by Gasteiger charge is -2.25. The van der Waals surface area contributed by atoms with E-state index >= 15 is 0 Å². The Kier molecular flexibility index (Phi) is 4.30. The Morgan fingerprint density at radius 3 is 2.54 bits per heavy atom. The van der Waals surface area contributed by atoms with E-state index in [0.29, 0.717) is 0 Å². The van der Waals surface area contributed by atoms with Crippen LogP contribution >= 0.6 is 0 Å². The van der Waals surface area contributed by atoms with Crippen LogP contribution in [0.1, 0.15) is 39.3 Å². The molecule has 0 saturated heterocycles. The zero-order valence-electron chi connectivity index (χ0n) is 13.2. The van der Waals surface area contributed by atoms with E-state index in [0.717, 1.165) is 25.3 Å². The standard InChI is InChI=1S/C18H17F3N2O/c1-11-15(8-9-16(22-11)18(19,20)21)17(24)23-14-7-6-12-4-2-3-5-13(12)10-14/h2-5,8-9,14H,6-7,10H2,1H3,(H,23,24)/t14-/m1/s1. The van der Waals surface area contributed by atoms with Crippen LogP contribution in [0.4, 0.5) is 13.2 Å². The van der Waals surface area contributed by atoms with Crippen molar-refractivity contribution >= 4 is 5.91 Å². The molecular weight excluding hydrogens is 317 g/mol. The number of rotatable bonds is 2. The van der Waals surface area contributed by atoms with Gasteiger partial charge in [-0.15, -0.1) is 0 Å². The highest BCUT2D eigenvalue weighted by Gasteiger charge is 2.33. The smallest absolute Gasteiger partial charge is 0.349 e. The monoisotopic (exact) mass is 334 g/mol. The minimum Gasteiger partial charge on any atom is -0.349 e. The van der Waals surface area contributed by atoms with Crippen LogP contribution in [0, 0.1) is 6.92 Å². The maximum atomic E-state index is 12.7. The number of carbonyl (C=O) groups is 1. The molecule has 0 radical (unpaired) electrons. The largest absolute Gasteiger partial charge is 0.433 e. The third kappa shape index (κ3) is 3.42. The lowest BCUT2D eigenvalue weighted by Crippen LogP contribution is -2.39. The topological polar surface area (TPSA) is 42.0 Å². The van der Waals surface area contributed by atoms with Crippen molar-refractivity contribution in [2.75, 3.05) is 0 Å². The van der Waals surface area contributed by atoms with Gasteiger partial charge in [0.05, 0.1) is 11.3 Å². The molecule has 2 aromatic rings. The van der Waals surface area contributed by atoms with E-state index in [9.17, 15) is 18.0 Å². The van der Waals surface area contributed by atoms with E-state index in [1.807, 2.05) is 18.2 Å². The summed E-state index contributed by atoms with van der Waals surface area (Å²) in [6, 6.07) is 10.1. The fourth-order valence-corrected chi connectivity index (χ4v) is 3.04. The highest BCUT2D eigenvalue weighted by molar-refractivity contribution is 5.95.